The predicted molar refractivity (Wildman–Crippen MR) is 121 cm³/mol. The molecule has 3 aromatic rings. The van der Waals surface area contributed by atoms with E-state index in [0.717, 1.165) is 0 Å². The van der Waals surface area contributed by atoms with Crippen molar-refractivity contribution in [2.24, 2.45) is 0 Å². The average Bonchev–Trinajstić information content (AvgIpc) is 2.79. The first-order valence-electron chi connectivity index (χ1n) is 10.3. The number of nitrogens with zero attached hydrogens (tertiary/aromatic N) is 3. The summed E-state index contributed by atoms with van der Waals surface area (Å²) in [5.74, 6) is -3.23. The highest BCUT2D eigenvalue weighted by Gasteiger charge is 2.21. The molecule has 34 heavy (non-hydrogen) atoms. The topological polar surface area (TPSA) is 213 Å². The van der Waals surface area contributed by atoms with Gasteiger partial charge in [-0.15, -0.1) is 0 Å². The van der Waals surface area contributed by atoms with Crippen LogP contribution in [0.25, 0.3) is 11.2 Å². The minimum absolute atomic E-state index is 0.0369. The van der Waals surface area contributed by atoms with Gasteiger partial charge in [0.05, 0.1) is 11.9 Å². The molecular weight excluding hydrogens is 446 g/mol. The van der Waals surface area contributed by atoms with Gasteiger partial charge in [-0.3, -0.25) is 19.4 Å². The molecule has 2 aromatic heterocycles. The number of H-pyrrole nitrogens is 1. The van der Waals surface area contributed by atoms with Crippen LogP contribution in [0.1, 0.15) is 41.7 Å². The van der Waals surface area contributed by atoms with Crippen LogP contribution in [0.5, 0.6) is 0 Å². The van der Waals surface area contributed by atoms with Gasteiger partial charge in [-0.2, -0.15) is 4.98 Å². The molecule has 2 atom stereocenters. The molecule has 13 nitrogen and oxygen atoms in total. The number of aromatic nitrogens is 4. The van der Waals surface area contributed by atoms with Crippen LogP contribution < -0.4 is 21.9 Å². The van der Waals surface area contributed by atoms with E-state index in [0.29, 0.717) is 17.9 Å². The van der Waals surface area contributed by atoms with Crippen molar-refractivity contribution in [1.82, 2.24) is 25.3 Å². The summed E-state index contributed by atoms with van der Waals surface area (Å²) in [6.07, 6.45) is 0.928. The summed E-state index contributed by atoms with van der Waals surface area (Å²) in [5.41, 5.74) is 6.79. The number of carbonyl (C=O) groups is 3. The Hall–Kier alpha value is -4.55. The first-order chi connectivity index (χ1) is 16.1. The maximum absolute atomic E-state index is 12.3. The number of rotatable bonds is 10. The van der Waals surface area contributed by atoms with E-state index in [1.54, 1.807) is 12.1 Å². The number of hydrogen-bond acceptors (Lipinski definition) is 9. The second-order valence-electron chi connectivity index (χ2n) is 7.57. The quantitative estimate of drug-likeness (QED) is 0.241. The van der Waals surface area contributed by atoms with E-state index < -0.39 is 29.4 Å². The second-order valence-corrected chi connectivity index (χ2v) is 7.57. The summed E-state index contributed by atoms with van der Waals surface area (Å²) in [5, 5.41) is 23.4. The average molecular weight is 469 g/mol. The lowest BCUT2D eigenvalue weighted by Gasteiger charge is -2.15. The molecule has 0 saturated heterocycles. The van der Waals surface area contributed by atoms with E-state index in [4.69, 9.17) is 10.8 Å². The zero-order chi connectivity index (χ0) is 24.8. The Morgan fingerprint density at radius 2 is 1.85 bits per heavy atom. The maximum Gasteiger partial charge on any atom is 0.326 e. The molecule has 3 rings (SSSR count). The van der Waals surface area contributed by atoms with Gasteiger partial charge >= 0.3 is 11.9 Å². The van der Waals surface area contributed by atoms with E-state index in [1.165, 1.54) is 18.3 Å². The molecule has 1 unspecified atom stereocenters. The number of carboxylic acids is 2. The Labute approximate surface area is 192 Å². The van der Waals surface area contributed by atoms with E-state index in [9.17, 15) is 24.3 Å². The molecule has 1 aromatic carbocycles. The highest BCUT2D eigenvalue weighted by Crippen LogP contribution is 2.16. The van der Waals surface area contributed by atoms with Crippen molar-refractivity contribution in [1.29, 1.82) is 0 Å². The van der Waals surface area contributed by atoms with E-state index >= 15 is 0 Å². The summed E-state index contributed by atoms with van der Waals surface area (Å²) in [6, 6.07) is 5.04. The van der Waals surface area contributed by atoms with Crippen LogP contribution in [0.3, 0.4) is 0 Å². The number of benzene rings is 1. The molecule has 178 valence electrons. The minimum Gasteiger partial charge on any atom is -0.481 e. The molecular formula is C21H23N7O6. The maximum atomic E-state index is 12.3. The van der Waals surface area contributed by atoms with Gasteiger partial charge in [0.15, 0.2) is 11.2 Å². The third kappa shape index (κ3) is 6.03. The minimum atomic E-state index is -1.31. The third-order valence-electron chi connectivity index (χ3n) is 4.97. The van der Waals surface area contributed by atoms with E-state index in [-0.39, 0.29) is 41.4 Å². The number of fused-ring (bicyclic) bond motifs is 1. The zero-order valence-electron chi connectivity index (χ0n) is 18.1. The number of hydrogen-bond donors (Lipinski definition) is 6. The Bertz CT molecular complexity index is 1270. The van der Waals surface area contributed by atoms with Crippen LogP contribution in [0, 0.1) is 0 Å². The van der Waals surface area contributed by atoms with Crippen molar-refractivity contribution in [3.8, 4) is 0 Å². The molecule has 0 aliphatic heterocycles. The van der Waals surface area contributed by atoms with E-state index in [2.05, 4.69) is 30.6 Å². The molecule has 0 radical (unpaired) electrons. The standard InChI is InChI=1S/C21H23N7O6/c1-10(14-9-24-17-16(25-14)19(32)28-21(22)27-17)8-23-12-4-2-11(3-5-12)18(31)26-13(20(33)34)6-7-15(29)30/h2-5,9-10,13,23H,6-8H2,1H3,(H,26,31)(H,29,30)(H,33,34)(H3,22,24,27,28,32)/t10?,13-/m0/s1. The summed E-state index contributed by atoms with van der Waals surface area (Å²) >= 11 is 0. The molecule has 0 spiro atoms. The summed E-state index contributed by atoms with van der Waals surface area (Å²) < 4.78 is 0. The molecule has 0 fully saturated rings. The fourth-order valence-electron chi connectivity index (χ4n) is 3.07. The number of carbonyl (C=O) groups excluding carboxylic acids is 1. The number of nitrogen functional groups attached to an aromatic ring is 1. The fraction of sp³-hybridized carbons (Fsp3) is 0.286. The van der Waals surface area contributed by atoms with Gasteiger partial charge in [0.2, 0.25) is 5.95 Å². The Morgan fingerprint density at radius 3 is 2.50 bits per heavy atom. The summed E-state index contributed by atoms with van der Waals surface area (Å²) in [7, 11) is 0. The van der Waals surface area contributed by atoms with Crippen molar-refractivity contribution in [2.75, 3.05) is 17.6 Å². The molecule has 0 bridgehead atoms. The van der Waals surface area contributed by atoms with Crippen molar-refractivity contribution >= 4 is 40.6 Å². The van der Waals surface area contributed by atoms with Gasteiger partial charge in [-0.05, 0) is 30.7 Å². The number of nitrogens with one attached hydrogen (secondary N) is 3. The zero-order valence-corrected chi connectivity index (χ0v) is 18.1. The first kappa shape index (κ1) is 24.1. The third-order valence-corrected chi connectivity index (χ3v) is 4.97. The molecule has 0 aliphatic carbocycles. The molecule has 1 amide bonds. The highest BCUT2D eigenvalue weighted by molar-refractivity contribution is 5.96. The van der Waals surface area contributed by atoms with Gasteiger partial charge in [0, 0.05) is 30.1 Å². The molecule has 13 heteroatoms. The van der Waals surface area contributed by atoms with Gasteiger partial charge < -0.3 is 26.6 Å². The van der Waals surface area contributed by atoms with Crippen LogP contribution in [0.15, 0.2) is 35.3 Å². The van der Waals surface area contributed by atoms with Crippen molar-refractivity contribution in [3.63, 3.8) is 0 Å². The van der Waals surface area contributed by atoms with Gasteiger partial charge in [0.1, 0.15) is 6.04 Å². The Kier molecular flexibility index (Phi) is 7.36. The number of carboxylic acid groups (broad SMARTS) is 2. The van der Waals surface area contributed by atoms with Gasteiger partial charge in [-0.25, -0.2) is 14.8 Å². The van der Waals surface area contributed by atoms with Crippen molar-refractivity contribution in [2.45, 2.75) is 31.7 Å². The summed E-state index contributed by atoms with van der Waals surface area (Å²) in [6.45, 7) is 2.34. The van der Waals surface area contributed by atoms with Crippen LogP contribution in [-0.4, -0.2) is 60.6 Å². The summed E-state index contributed by atoms with van der Waals surface area (Å²) in [4.78, 5) is 61.1. The number of aliphatic carboxylic acids is 2. The fourth-order valence-corrected chi connectivity index (χ4v) is 3.07. The largest absolute Gasteiger partial charge is 0.481 e. The predicted octanol–water partition coefficient (Wildman–Crippen LogP) is 0.559. The molecule has 0 aliphatic rings. The number of amides is 1. The van der Waals surface area contributed by atoms with Crippen molar-refractivity contribution in [3.05, 3.63) is 52.1 Å². The van der Waals surface area contributed by atoms with Gasteiger partial charge in [0.25, 0.3) is 11.5 Å². The van der Waals surface area contributed by atoms with Crippen LogP contribution in [0.2, 0.25) is 0 Å². The van der Waals surface area contributed by atoms with Gasteiger partial charge in [-0.1, -0.05) is 6.92 Å². The molecule has 7 N–H and O–H groups in total. The Morgan fingerprint density at radius 1 is 1.15 bits per heavy atom. The normalized spacial score (nSPS) is 12.6. The lowest BCUT2D eigenvalue weighted by atomic mass is 10.1. The smallest absolute Gasteiger partial charge is 0.326 e. The van der Waals surface area contributed by atoms with E-state index in [1.807, 2.05) is 6.92 Å². The van der Waals surface area contributed by atoms with Crippen LogP contribution in [-0.2, 0) is 9.59 Å². The van der Waals surface area contributed by atoms with Crippen LogP contribution in [0.4, 0.5) is 11.6 Å². The lowest BCUT2D eigenvalue weighted by Crippen LogP contribution is -2.41. The SMILES string of the molecule is CC(CNc1ccc(C(=O)N[C@@H](CCC(=O)O)C(=O)O)cc1)c1cnc2nc(N)[nH]c(=O)c2n1. The molecule has 0 saturated carbocycles. The second kappa shape index (κ2) is 10.4. The number of anilines is 2. The number of nitrogens with two attached hydrogens (primary N) is 1. The first-order valence-corrected chi connectivity index (χ1v) is 10.3. The van der Waals surface area contributed by atoms with Crippen LogP contribution >= 0.6 is 0 Å². The lowest BCUT2D eigenvalue weighted by molar-refractivity contribution is -0.140. The highest BCUT2D eigenvalue weighted by atomic mass is 16.4. The van der Waals surface area contributed by atoms with Crippen molar-refractivity contribution < 1.29 is 24.6 Å². The number of aromatic amines is 1. The molecule has 2 heterocycles. The Balaban J connectivity index is 1.60. The monoisotopic (exact) mass is 469 g/mol.